The molecule has 1 fully saturated rings. The van der Waals surface area contributed by atoms with E-state index < -0.39 is 24.1 Å². The summed E-state index contributed by atoms with van der Waals surface area (Å²) in [6, 6.07) is -0.534. The molecule has 0 amide bonds. The van der Waals surface area contributed by atoms with Crippen molar-refractivity contribution in [3.05, 3.63) is 12.3 Å². The molecule has 0 spiro atoms. The van der Waals surface area contributed by atoms with Crippen molar-refractivity contribution in [1.82, 2.24) is 10.6 Å². The highest BCUT2D eigenvalue weighted by Gasteiger charge is 2.34. The first-order valence-corrected chi connectivity index (χ1v) is 4.27. The highest BCUT2D eigenvalue weighted by molar-refractivity contribution is 5.02. The fraction of sp³-hybridized carbons (Fsp3) is 0.750. The van der Waals surface area contributed by atoms with Gasteiger partial charge in [-0.2, -0.15) is 13.2 Å². The van der Waals surface area contributed by atoms with Crippen LogP contribution in [0.15, 0.2) is 12.3 Å². The van der Waals surface area contributed by atoms with Gasteiger partial charge >= 0.3 is 6.18 Å². The van der Waals surface area contributed by atoms with E-state index in [4.69, 9.17) is 0 Å². The molecule has 0 radical (unpaired) electrons. The standard InChI is InChI=1S/C8H12F4N2/c1-5(8(10,11)12)14-7-2-6(9)3-13-4-7/h6-7,13-14H,1-4H2. The molecule has 1 heterocycles. The van der Waals surface area contributed by atoms with Gasteiger partial charge in [-0.05, 0) is 0 Å². The molecular weight excluding hydrogens is 200 g/mol. The van der Waals surface area contributed by atoms with Crippen molar-refractivity contribution in [2.24, 2.45) is 0 Å². The Morgan fingerprint density at radius 2 is 2.00 bits per heavy atom. The lowest BCUT2D eigenvalue weighted by atomic mass is 10.1. The van der Waals surface area contributed by atoms with Gasteiger partial charge in [-0.25, -0.2) is 4.39 Å². The highest BCUT2D eigenvalue weighted by atomic mass is 19.4. The predicted octanol–water partition coefficient (Wildman–Crippen LogP) is 1.35. The number of halogens is 4. The van der Waals surface area contributed by atoms with Crippen LogP contribution in [0, 0.1) is 0 Å². The molecule has 1 aliphatic heterocycles. The van der Waals surface area contributed by atoms with Crippen molar-refractivity contribution >= 4 is 0 Å². The summed E-state index contributed by atoms with van der Waals surface area (Å²) >= 11 is 0. The molecule has 0 aliphatic carbocycles. The van der Waals surface area contributed by atoms with Crippen molar-refractivity contribution in [3.63, 3.8) is 0 Å². The maximum absolute atomic E-state index is 12.8. The van der Waals surface area contributed by atoms with Gasteiger partial charge in [-0.15, -0.1) is 0 Å². The molecular formula is C8H12F4N2. The van der Waals surface area contributed by atoms with E-state index in [1.807, 2.05) is 0 Å². The molecule has 0 bridgehead atoms. The molecule has 2 unspecified atom stereocenters. The third-order valence-electron chi connectivity index (χ3n) is 2.02. The summed E-state index contributed by atoms with van der Waals surface area (Å²) in [5.41, 5.74) is -1.02. The smallest absolute Gasteiger partial charge is 0.377 e. The van der Waals surface area contributed by atoms with Crippen LogP contribution < -0.4 is 10.6 Å². The molecule has 0 aromatic carbocycles. The molecule has 0 aromatic rings. The van der Waals surface area contributed by atoms with E-state index in [-0.39, 0.29) is 13.0 Å². The summed E-state index contributed by atoms with van der Waals surface area (Å²) in [4.78, 5) is 0. The van der Waals surface area contributed by atoms with E-state index in [2.05, 4.69) is 17.2 Å². The number of alkyl halides is 4. The zero-order valence-corrected chi connectivity index (χ0v) is 7.49. The number of hydrogen-bond donors (Lipinski definition) is 2. The predicted molar refractivity (Wildman–Crippen MR) is 44.5 cm³/mol. The monoisotopic (exact) mass is 212 g/mol. The van der Waals surface area contributed by atoms with E-state index in [0.29, 0.717) is 6.54 Å². The SMILES string of the molecule is C=C(NC1CNCC(F)C1)C(F)(F)F. The molecule has 6 heteroatoms. The number of nitrogens with one attached hydrogen (secondary N) is 2. The van der Waals surface area contributed by atoms with Crippen LogP contribution >= 0.6 is 0 Å². The molecule has 82 valence electrons. The molecule has 0 aromatic heterocycles. The summed E-state index contributed by atoms with van der Waals surface area (Å²) < 4.78 is 48.8. The van der Waals surface area contributed by atoms with E-state index in [1.54, 1.807) is 0 Å². The van der Waals surface area contributed by atoms with Crippen molar-refractivity contribution in [3.8, 4) is 0 Å². The second kappa shape index (κ2) is 4.16. The van der Waals surface area contributed by atoms with Gasteiger partial charge in [0.05, 0.1) is 0 Å². The van der Waals surface area contributed by atoms with E-state index in [1.165, 1.54) is 0 Å². The minimum atomic E-state index is -4.46. The molecule has 1 rings (SSSR count). The second-order valence-corrected chi connectivity index (χ2v) is 3.31. The summed E-state index contributed by atoms with van der Waals surface area (Å²) in [5, 5.41) is 4.86. The van der Waals surface area contributed by atoms with Crippen LogP contribution in [0.5, 0.6) is 0 Å². The largest absolute Gasteiger partial charge is 0.430 e. The molecule has 14 heavy (non-hydrogen) atoms. The van der Waals surface area contributed by atoms with Gasteiger partial charge in [-0.1, -0.05) is 6.58 Å². The number of piperidine rings is 1. The zero-order valence-electron chi connectivity index (χ0n) is 7.49. The summed E-state index contributed by atoms with van der Waals surface area (Å²) in [6.07, 6.45) is -5.46. The lowest BCUT2D eigenvalue weighted by molar-refractivity contribution is -0.0977. The minimum absolute atomic E-state index is 0.0854. The Morgan fingerprint density at radius 1 is 1.36 bits per heavy atom. The quantitative estimate of drug-likeness (QED) is 0.675. The van der Waals surface area contributed by atoms with Crippen molar-refractivity contribution < 1.29 is 17.6 Å². The van der Waals surface area contributed by atoms with Gasteiger partial charge in [0.2, 0.25) is 0 Å². The van der Waals surface area contributed by atoms with Gasteiger partial charge < -0.3 is 10.6 Å². The van der Waals surface area contributed by atoms with Crippen LogP contribution in [0.1, 0.15) is 6.42 Å². The molecule has 2 nitrogen and oxygen atoms in total. The zero-order chi connectivity index (χ0) is 10.8. The Kier molecular flexibility index (Phi) is 3.36. The van der Waals surface area contributed by atoms with Crippen molar-refractivity contribution in [1.29, 1.82) is 0 Å². The lowest BCUT2D eigenvalue weighted by Crippen LogP contribution is -2.48. The fourth-order valence-corrected chi connectivity index (χ4v) is 1.33. The lowest BCUT2D eigenvalue weighted by Gasteiger charge is -2.28. The minimum Gasteiger partial charge on any atom is -0.377 e. The maximum Gasteiger partial charge on any atom is 0.430 e. The summed E-state index contributed by atoms with van der Waals surface area (Å²) in [5.74, 6) is 0. The van der Waals surface area contributed by atoms with Crippen LogP contribution in [-0.4, -0.2) is 31.5 Å². The van der Waals surface area contributed by atoms with Gasteiger partial charge in [0.1, 0.15) is 11.9 Å². The third-order valence-corrected chi connectivity index (χ3v) is 2.02. The molecule has 2 atom stereocenters. The van der Waals surface area contributed by atoms with E-state index in [0.717, 1.165) is 0 Å². The fourth-order valence-electron chi connectivity index (χ4n) is 1.33. The average molecular weight is 212 g/mol. The Balaban J connectivity index is 2.40. The van der Waals surface area contributed by atoms with E-state index >= 15 is 0 Å². The highest BCUT2D eigenvalue weighted by Crippen LogP contribution is 2.23. The van der Waals surface area contributed by atoms with Gasteiger partial charge in [0.25, 0.3) is 0 Å². The first-order chi connectivity index (χ1) is 6.39. The van der Waals surface area contributed by atoms with Crippen LogP contribution in [0.2, 0.25) is 0 Å². The van der Waals surface area contributed by atoms with Crippen LogP contribution in [0.25, 0.3) is 0 Å². The van der Waals surface area contributed by atoms with Gasteiger partial charge in [0, 0.05) is 25.6 Å². The Hall–Kier alpha value is -0.780. The van der Waals surface area contributed by atoms with Crippen molar-refractivity contribution in [2.45, 2.75) is 24.8 Å². The van der Waals surface area contributed by atoms with Gasteiger partial charge in [0.15, 0.2) is 0 Å². The Morgan fingerprint density at radius 3 is 2.50 bits per heavy atom. The second-order valence-electron chi connectivity index (χ2n) is 3.31. The summed E-state index contributed by atoms with van der Waals surface area (Å²) in [6.45, 7) is 3.39. The average Bonchev–Trinajstić information content (AvgIpc) is 2.02. The Labute approximate surface area is 79.4 Å². The molecule has 0 saturated carbocycles. The molecule has 2 N–H and O–H groups in total. The Bertz CT molecular complexity index is 214. The normalized spacial score (nSPS) is 28.6. The topological polar surface area (TPSA) is 24.1 Å². The number of allylic oxidation sites excluding steroid dienone is 1. The molecule has 1 saturated heterocycles. The van der Waals surface area contributed by atoms with Crippen LogP contribution in [-0.2, 0) is 0 Å². The third kappa shape index (κ3) is 3.17. The van der Waals surface area contributed by atoms with Crippen LogP contribution in [0.4, 0.5) is 17.6 Å². The maximum atomic E-state index is 12.8. The van der Waals surface area contributed by atoms with Crippen LogP contribution in [0.3, 0.4) is 0 Å². The van der Waals surface area contributed by atoms with Gasteiger partial charge in [-0.3, -0.25) is 0 Å². The number of rotatable bonds is 2. The first-order valence-electron chi connectivity index (χ1n) is 4.27. The number of hydrogen-bond acceptors (Lipinski definition) is 2. The summed E-state index contributed by atoms with van der Waals surface area (Å²) in [7, 11) is 0. The van der Waals surface area contributed by atoms with E-state index in [9.17, 15) is 17.6 Å². The molecule has 1 aliphatic rings. The van der Waals surface area contributed by atoms with Crippen molar-refractivity contribution in [2.75, 3.05) is 13.1 Å². The first kappa shape index (κ1) is 11.3.